The highest BCUT2D eigenvalue weighted by Gasteiger charge is 2.11. The Balaban J connectivity index is 1.84. The van der Waals surface area contributed by atoms with Gasteiger partial charge in [-0.25, -0.2) is 0 Å². The second-order valence-corrected chi connectivity index (χ2v) is 6.77. The van der Waals surface area contributed by atoms with E-state index in [0.29, 0.717) is 0 Å². The minimum atomic E-state index is 1.01. The van der Waals surface area contributed by atoms with Crippen molar-refractivity contribution in [3.63, 3.8) is 0 Å². The number of aromatic amines is 1. The van der Waals surface area contributed by atoms with Crippen LogP contribution in [-0.2, 0) is 6.42 Å². The standard InChI is InChI=1S/C22H23N3/c1-25(2)13-12-16-14-18(23-17-8-4-3-5-9-17)15-20-19-10-6-7-11-21(19)24-22(16)20/h3-11,14-15,23-24H,12-13H2,1-2H3. The van der Waals surface area contributed by atoms with Crippen LogP contribution in [-0.4, -0.2) is 30.5 Å². The van der Waals surface area contributed by atoms with Crippen LogP contribution in [0.4, 0.5) is 11.4 Å². The summed E-state index contributed by atoms with van der Waals surface area (Å²) in [6.07, 6.45) is 1.01. The molecule has 0 aliphatic carbocycles. The molecule has 0 unspecified atom stereocenters. The molecule has 3 heteroatoms. The zero-order chi connectivity index (χ0) is 17.2. The van der Waals surface area contributed by atoms with Gasteiger partial charge < -0.3 is 15.2 Å². The Hall–Kier alpha value is -2.78. The van der Waals surface area contributed by atoms with Crippen LogP contribution < -0.4 is 5.32 Å². The number of H-pyrrole nitrogens is 1. The molecular formula is C22H23N3. The van der Waals surface area contributed by atoms with Crippen LogP contribution in [0.2, 0.25) is 0 Å². The number of nitrogens with one attached hydrogen (secondary N) is 2. The van der Waals surface area contributed by atoms with Crippen LogP contribution in [0.15, 0.2) is 66.7 Å². The summed E-state index contributed by atoms with van der Waals surface area (Å²) in [6.45, 7) is 1.03. The molecule has 126 valence electrons. The second-order valence-electron chi connectivity index (χ2n) is 6.77. The van der Waals surface area contributed by atoms with E-state index in [1.165, 1.54) is 27.4 Å². The maximum Gasteiger partial charge on any atom is 0.0499 e. The van der Waals surface area contributed by atoms with Crippen molar-refractivity contribution in [2.45, 2.75) is 6.42 Å². The quantitative estimate of drug-likeness (QED) is 0.529. The molecule has 4 aromatic rings. The summed E-state index contributed by atoms with van der Waals surface area (Å²) < 4.78 is 0. The van der Waals surface area contributed by atoms with Crippen LogP contribution in [0.3, 0.4) is 0 Å². The lowest BCUT2D eigenvalue weighted by Crippen LogP contribution is -2.15. The summed E-state index contributed by atoms with van der Waals surface area (Å²) >= 11 is 0. The first-order valence-corrected chi connectivity index (χ1v) is 8.71. The Kier molecular flexibility index (Phi) is 4.16. The first kappa shape index (κ1) is 15.7. The van der Waals surface area contributed by atoms with Crippen LogP contribution in [0.5, 0.6) is 0 Å². The summed E-state index contributed by atoms with van der Waals surface area (Å²) in [4.78, 5) is 5.84. The molecule has 0 spiro atoms. The van der Waals surface area contributed by atoms with E-state index in [1.54, 1.807) is 0 Å². The van der Waals surface area contributed by atoms with Crippen molar-refractivity contribution in [1.82, 2.24) is 9.88 Å². The van der Waals surface area contributed by atoms with E-state index in [4.69, 9.17) is 0 Å². The number of nitrogens with zero attached hydrogens (tertiary/aromatic N) is 1. The van der Waals surface area contributed by atoms with Gasteiger partial charge in [-0.1, -0.05) is 36.4 Å². The van der Waals surface area contributed by atoms with Gasteiger partial charge in [0.2, 0.25) is 0 Å². The lowest BCUT2D eigenvalue weighted by molar-refractivity contribution is 0.414. The lowest BCUT2D eigenvalue weighted by Gasteiger charge is -2.13. The molecule has 25 heavy (non-hydrogen) atoms. The van der Waals surface area contributed by atoms with Gasteiger partial charge in [-0.2, -0.15) is 0 Å². The van der Waals surface area contributed by atoms with Crippen LogP contribution in [0, 0.1) is 0 Å². The predicted molar refractivity (Wildman–Crippen MR) is 108 cm³/mol. The molecule has 0 aliphatic rings. The summed E-state index contributed by atoms with van der Waals surface area (Å²) in [5.41, 5.74) is 6.04. The minimum Gasteiger partial charge on any atom is -0.355 e. The normalized spacial score (nSPS) is 11.5. The lowest BCUT2D eigenvalue weighted by atomic mass is 10.0. The fourth-order valence-electron chi connectivity index (χ4n) is 3.33. The smallest absolute Gasteiger partial charge is 0.0499 e. The molecule has 0 fully saturated rings. The van der Waals surface area contributed by atoms with Crippen molar-refractivity contribution < 1.29 is 0 Å². The van der Waals surface area contributed by atoms with Gasteiger partial charge in [-0.05, 0) is 56.4 Å². The van der Waals surface area contributed by atoms with Gasteiger partial charge in [0.25, 0.3) is 0 Å². The van der Waals surface area contributed by atoms with E-state index in [2.05, 4.69) is 90.0 Å². The van der Waals surface area contributed by atoms with E-state index >= 15 is 0 Å². The topological polar surface area (TPSA) is 31.1 Å². The maximum atomic E-state index is 3.62. The maximum absolute atomic E-state index is 3.62. The van der Waals surface area contributed by atoms with Crippen molar-refractivity contribution in [3.05, 3.63) is 72.3 Å². The zero-order valence-corrected chi connectivity index (χ0v) is 14.7. The van der Waals surface area contributed by atoms with Gasteiger partial charge in [0.05, 0.1) is 0 Å². The number of para-hydroxylation sites is 2. The Morgan fingerprint density at radius 3 is 2.40 bits per heavy atom. The molecule has 0 radical (unpaired) electrons. The number of anilines is 2. The number of hydrogen-bond acceptors (Lipinski definition) is 2. The van der Waals surface area contributed by atoms with Gasteiger partial charge in [-0.15, -0.1) is 0 Å². The van der Waals surface area contributed by atoms with Crippen LogP contribution >= 0.6 is 0 Å². The largest absolute Gasteiger partial charge is 0.355 e. The number of benzene rings is 3. The molecule has 4 rings (SSSR count). The van der Waals surface area contributed by atoms with Crippen molar-refractivity contribution in [2.24, 2.45) is 0 Å². The van der Waals surface area contributed by atoms with E-state index in [-0.39, 0.29) is 0 Å². The number of rotatable bonds is 5. The fraction of sp³-hybridized carbons (Fsp3) is 0.182. The monoisotopic (exact) mass is 329 g/mol. The van der Waals surface area contributed by atoms with Gasteiger partial charge in [0.15, 0.2) is 0 Å². The zero-order valence-electron chi connectivity index (χ0n) is 14.7. The average molecular weight is 329 g/mol. The van der Waals surface area contributed by atoms with Crippen molar-refractivity contribution in [2.75, 3.05) is 26.0 Å². The highest BCUT2D eigenvalue weighted by atomic mass is 15.0. The fourth-order valence-corrected chi connectivity index (χ4v) is 3.33. The van der Waals surface area contributed by atoms with E-state index in [0.717, 1.165) is 24.3 Å². The number of likely N-dealkylation sites (N-methyl/N-ethyl adjacent to an activating group) is 1. The molecule has 3 nitrogen and oxygen atoms in total. The van der Waals surface area contributed by atoms with E-state index in [1.807, 2.05) is 6.07 Å². The van der Waals surface area contributed by atoms with Crippen LogP contribution in [0.25, 0.3) is 21.8 Å². The highest BCUT2D eigenvalue weighted by Crippen LogP contribution is 2.32. The molecule has 1 aromatic heterocycles. The molecule has 0 saturated carbocycles. The Morgan fingerprint density at radius 1 is 0.840 bits per heavy atom. The average Bonchev–Trinajstić information content (AvgIpc) is 2.99. The van der Waals surface area contributed by atoms with Crippen molar-refractivity contribution in [1.29, 1.82) is 0 Å². The van der Waals surface area contributed by atoms with Gasteiger partial charge in [-0.3, -0.25) is 0 Å². The molecule has 0 amide bonds. The minimum absolute atomic E-state index is 1.01. The van der Waals surface area contributed by atoms with Crippen LogP contribution in [0.1, 0.15) is 5.56 Å². The third kappa shape index (κ3) is 3.24. The molecule has 0 atom stereocenters. The van der Waals surface area contributed by atoms with Crippen molar-refractivity contribution >= 4 is 33.2 Å². The highest BCUT2D eigenvalue weighted by molar-refractivity contribution is 6.09. The first-order valence-electron chi connectivity index (χ1n) is 8.71. The molecule has 3 aromatic carbocycles. The first-order chi connectivity index (χ1) is 12.2. The number of aromatic nitrogens is 1. The molecule has 2 N–H and O–H groups in total. The van der Waals surface area contributed by atoms with Gasteiger partial charge >= 0.3 is 0 Å². The Morgan fingerprint density at radius 2 is 1.60 bits per heavy atom. The van der Waals surface area contributed by atoms with Gasteiger partial charge in [0.1, 0.15) is 0 Å². The molecular weight excluding hydrogens is 306 g/mol. The predicted octanol–water partition coefficient (Wildman–Crippen LogP) is 5.17. The Labute approximate surface area is 148 Å². The summed E-state index contributed by atoms with van der Waals surface area (Å²) in [7, 11) is 4.24. The van der Waals surface area contributed by atoms with Gasteiger partial charge in [0, 0.05) is 39.7 Å². The summed E-state index contributed by atoms with van der Waals surface area (Å²) in [5, 5.41) is 6.11. The SMILES string of the molecule is CN(C)CCc1cc(Nc2ccccc2)cc2c1[nH]c1ccccc12. The molecule has 1 heterocycles. The van der Waals surface area contributed by atoms with E-state index < -0.39 is 0 Å². The summed E-state index contributed by atoms with van der Waals surface area (Å²) in [5.74, 6) is 0. The third-order valence-corrected chi connectivity index (χ3v) is 4.59. The Bertz CT molecular complexity index is 1000. The number of hydrogen-bond donors (Lipinski definition) is 2. The molecule has 0 saturated heterocycles. The van der Waals surface area contributed by atoms with E-state index in [9.17, 15) is 0 Å². The second kappa shape index (κ2) is 6.61. The summed E-state index contributed by atoms with van der Waals surface area (Å²) in [6, 6.07) is 23.4. The molecule has 0 bridgehead atoms. The van der Waals surface area contributed by atoms with Crippen molar-refractivity contribution in [3.8, 4) is 0 Å². The molecule has 0 aliphatic heterocycles. The third-order valence-electron chi connectivity index (χ3n) is 4.59. The number of fused-ring (bicyclic) bond motifs is 3.